The van der Waals surface area contributed by atoms with Gasteiger partial charge in [0, 0.05) is 18.2 Å². The van der Waals surface area contributed by atoms with E-state index in [1.54, 1.807) is 48.5 Å². The predicted octanol–water partition coefficient (Wildman–Crippen LogP) is -0.725. The second kappa shape index (κ2) is 13.6. The number of aliphatic hydroxyl groups is 1. The maximum atomic E-state index is 13.8. The number of hydrogen-bond donors (Lipinski definition) is 5. The Labute approximate surface area is 229 Å². The number of urea groups is 1. The molecule has 0 saturated heterocycles. The van der Waals surface area contributed by atoms with Gasteiger partial charge in [-0.25, -0.2) is 10.2 Å². The number of nitrogens with zero attached hydrogens (tertiary/aromatic N) is 3. The SMILES string of the molecule is CC(=O)C[C@@H](/C=N/NC(N)=O)NC(=O)CN1C(=O)[C@@H](NC(=O)c2ccccc2)CN(C(=O)CO)c2ccccc21. The second-order valence-corrected chi connectivity index (χ2v) is 8.80. The smallest absolute Gasteiger partial charge is 0.332 e. The number of Topliss-reactive ketones (excluding diaryl/α,β-unsaturated/α-hetero) is 1. The molecular formula is C26H29N7O7. The van der Waals surface area contributed by atoms with Gasteiger partial charge in [0.15, 0.2) is 0 Å². The van der Waals surface area contributed by atoms with Crippen LogP contribution in [0.15, 0.2) is 59.7 Å². The molecule has 14 nitrogen and oxygen atoms in total. The molecule has 0 spiro atoms. The van der Waals surface area contributed by atoms with E-state index in [0.717, 1.165) is 11.1 Å². The molecule has 40 heavy (non-hydrogen) atoms. The highest BCUT2D eigenvalue weighted by Crippen LogP contribution is 2.33. The van der Waals surface area contributed by atoms with Gasteiger partial charge in [0.2, 0.25) is 5.91 Å². The highest BCUT2D eigenvalue weighted by Gasteiger charge is 2.37. The molecule has 0 bridgehead atoms. The third-order valence-electron chi connectivity index (χ3n) is 5.75. The first kappa shape index (κ1) is 29.4. The summed E-state index contributed by atoms with van der Waals surface area (Å²) >= 11 is 0. The maximum Gasteiger partial charge on any atom is 0.332 e. The molecule has 0 radical (unpaired) electrons. The lowest BCUT2D eigenvalue weighted by molar-refractivity contribution is -0.125. The number of amides is 6. The number of carbonyl (C=O) groups is 6. The Morgan fingerprint density at radius 1 is 1.07 bits per heavy atom. The van der Waals surface area contributed by atoms with Gasteiger partial charge in [0.1, 0.15) is 25.0 Å². The Hall–Kier alpha value is -5.11. The van der Waals surface area contributed by atoms with Crippen LogP contribution in [0.4, 0.5) is 16.2 Å². The van der Waals surface area contributed by atoms with E-state index in [4.69, 9.17) is 5.73 Å². The van der Waals surface area contributed by atoms with Crippen LogP contribution in [0.5, 0.6) is 0 Å². The van der Waals surface area contributed by atoms with Gasteiger partial charge in [0.05, 0.1) is 24.0 Å². The van der Waals surface area contributed by atoms with Gasteiger partial charge in [-0.1, -0.05) is 30.3 Å². The summed E-state index contributed by atoms with van der Waals surface area (Å²) in [7, 11) is 0. The van der Waals surface area contributed by atoms with E-state index in [9.17, 15) is 33.9 Å². The van der Waals surface area contributed by atoms with Gasteiger partial charge >= 0.3 is 6.03 Å². The quantitative estimate of drug-likeness (QED) is 0.189. The largest absolute Gasteiger partial charge is 0.387 e. The first-order valence-corrected chi connectivity index (χ1v) is 12.2. The first-order valence-electron chi connectivity index (χ1n) is 12.2. The van der Waals surface area contributed by atoms with E-state index >= 15 is 0 Å². The number of ketones is 1. The van der Waals surface area contributed by atoms with Crippen LogP contribution in [-0.4, -0.2) is 78.5 Å². The van der Waals surface area contributed by atoms with Crippen LogP contribution < -0.4 is 31.6 Å². The van der Waals surface area contributed by atoms with Gasteiger partial charge in [-0.2, -0.15) is 5.10 Å². The highest BCUT2D eigenvalue weighted by atomic mass is 16.3. The summed E-state index contributed by atoms with van der Waals surface area (Å²) in [5.74, 6) is -2.97. The first-order chi connectivity index (χ1) is 19.1. The number of hydrazone groups is 1. The van der Waals surface area contributed by atoms with Crippen LogP contribution in [0.3, 0.4) is 0 Å². The summed E-state index contributed by atoms with van der Waals surface area (Å²) in [6.45, 7) is -0.409. The molecule has 0 aliphatic carbocycles. The molecule has 6 amide bonds. The van der Waals surface area contributed by atoms with Gasteiger partial charge in [-0.3, -0.25) is 28.9 Å². The van der Waals surface area contributed by atoms with Crippen molar-refractivity contribution in [3.05, 3.63) is 60.2 Å². The Balaban J connectivity index is 1.93. The van der Waals surface area contributed by atoms with E-state index in [-0.39, 0.29) is 35.7 Å². The molecule has 14 heteroatoms. The number of aliphatic hydroxyl groups excluding tert-OH is 1. The fraction of sp³-hybridized carbons (Fsp3) is 0.269. The van der Waals surface area contributed by atoms with Gasteiger partial charge in [0.25, 0.3) is 17.7 Å². The van der Waals surface area contributed by atoms with Crippen molar-refractivity contribution in [2.24, 2.45) is 10.8 Å². The van der Waals surface area contributed by atoms with Crippen molar-refractivity contribution < 1.29 is 33.9 Å². The molecule has 2 atom stereocenters. The summed E-state index contributed by atoms with van der Waals surface area (Å²) in [4.78, 5) is 77.3. The van der Waals surface area contributed by atoms with Crippen LogP contribution in [0.2, 0.25) is 0 Å². The van der Waals surface area contributed by atoms with Crippen molar-refractivity contribution >= 4 is 53.0 Å². The average Bonchev–Trinajstić information content (AvgIpc) is 3.03. The number of hydrogen-bond acceptors (Lipinski definition) is 8. The molecule has 1 aliphatic heterocycles. The number of carbonyl (C=O) groups excluding carboxylic acids is 6. The molecule has 2 aromatic carbocycles. The fourth-order valence-electron chi connectivity index (χ4n) is 4.05. The molecule has 0 unspecified atom stereocenters. The lowest BCUT2D eigenvalue weighted by Gasteiger charge is -2.25. The zero-order valence-corrected chi connectivity index (χ0v) is 21.6. The number of para-hydroxylation sites is 2. The van der Waals surface area contributed by atoms with Crippen molar-refractivity contribution in [3.63, 3.8) is 0 Å². The Morgan fingerprint density at radius 2 is 1.73 bits per heavy atom. The van der Waals surface area contributed by atoms with Crippen molar-refractivity contribution in [1.82, 2.24) is 16.1 Å². The fourth-order valence-corrected chi connectivity index (χ4v) is 4.05. The monoisotopic (exact) mass is 551 g/mol. The Bertz CT molecular complexity index is 1320. The van der Waals surface area contributed by atoms with Crippen molar-refractivity contribution in [2.75, 3.05) is 29.5 Å². The molecule has 210 valence electrons. The molecule has 6 N–H and O–H groups in total. The summed E-state index contributed by atoms with van der Waals surface area (Å²) in [6.07, 6.45) is 0.960. The van der Waals surface area contributed by atoms with E-state index in [1.807, 2.05) is 5.43 Å². The minimum Gasteiger partial charge on any atom is -0.387 e. The number of rotatable bonds is 10. The van der Waals surface area contributed by atoms with E-state index < -0.39 is 54.9 Å². The minimum atomic E-state index is -1.28. The second-order valence-electron chi connectivity index (χ2n) is 8.80. The third-order valence-corrected chi connectivity index (χ3v) is 5.75. The number of nitrogens with one attached hydrogen (secondary N) is 3. The molecule has 3 rings (SSSR count). The summed E-state index contributed by atoms with van der Waals surface area (Å²) in [5.41, 5.74) is 7.65. The topological polar surface area (TPSA) is 204 Å². The Morgan fingerprint density at radius 3 is 2.35 bits per heavy atom. The summed E-state index contributed by atoms with van der Waals surface area (Å²) in [6, 6.07) is 11.3. The van der Waals surface area contributed by atoms with Crippen LogP contribution in [0.1, 0.15) is 23.7 Å². The standard InChI is InChI=1S/C26H29N7O7/c1-16(35)11-18(12-28-31-26(27)40)29-22(36)14-33-21-10-6-5-9-20(21)32(23(37)15-34)13-19(25(33)39)30-24(38)17-7-3-2-4-8-17/h2-10,12,18-19,34H,11,13-15H2,1H3,(H,29,36)(H,30,38)(H3,27,31,40)/b28-12+/t18-,19-/m0/s1. The molecule has 0 aromatic heterocycles. The molecule has 0 fully saturated rings. The Kier molecular flexibility index (Phi) is 10.0. The van der Waals surface area contributed by atoms with Crippen molar-refractivity contribution in [3.8, 4) is 0 Å². The highest BCUT2D eigenvalue weighted by molar-refractivity contribution is 6.11. The average molecular weight is 552 g/mol. The summed E-state index contributed by atoms with van der Waals surface area (Å²) in [5, 5.41) is 18.4. The number of benzene rings is 2. The van der Waals surface area contributed by atoms with E-state index in [0.29, 0.717) is 0 Å². The molecule has 2 aromatic rings. The van der Waals surface area contributed by atoms with Gasteiger partial charge < -0.3 is 26.4 Å². The van der Waals surface area contributed by atoms with Crippen LogP contribution in [-0.2, 0) is 19.2 Å². The zero-order valence-electron chi connectivity index (χ0n) is 21.6. The third kappa shape index (κ3) is 7.70. The number of primary amides is 1. The van der Waals surface area contributed by atoms with E-state index in [1.165, 1.54) is 17.9 Å². The van der Waals surface area contributed by atoms with Crippen LogP contribution in [0.25, 0.3) is 0 Å². The predicted molar refractivity (Wildman–Crippen MR) is 144 cm³/mol. The van der Waals surface area contributed by atoms with Gasteiger partial charge in [-0.15, -0.1) is 0 Å². The molecule has 1 heterocycles. The molecule has 0 saturated carbocycles. The number of nitrogens with two attached hydrogens (primary N) is 1. The zero-order chi connectivity index (χ0) is 29.2. The lowest BCUT2D eigenvalue weighted by atomic mass is 10.1. The van der Waals surface area contributed by atoms with Crippen LogP contribution in [0, 0.1) is 0 Å². The van der Waals surface area contributed by atoms with Crippen molar-refractivity contribution in [1.29, 1.82) is 0 Å². The minimum absolute atomic E-state index is 0.158. The van der Waals surface area contributed by atoms with Crippen LogP contribution >= 0.6 is 0 Å². The lowest BCUT2D eigenvalue weighted by Crippen LogP contribution is -2.55. The molecule has 1 aliphatic rings. The molecular weight excluding hydrogens is 522 g/mol. The van der Waals surface area contributed by atoms with E-state index in [2.05, 4.69) is 15.7 Å². The van der Waals surface area contributed by atoms with Crippen molar-refractivity contribution in [2.45, 2.75) is 25.4 Å². The normalized spacial score (nSPS) is 15.6. The van der Waals surface area contributed by atoms with Gasteiger partial charge in [-0.05, 0) is 31.2 Å². The summed E-state index contributed by atoms with van der Waals surface area (Å²) < 4.78 is 0. The number of anilines is 2. The maximum absolute atomic E-state index is 13.8. The number of fused-ring (bicyclic) bond motifs is 1.